The van der Waals surface area contributed by atoms with Crippen molar-refractivity contribution in [3.05, 3.63) is 35.5 Å². The fourth-order valence-electron chi connectivity index (χ4n) is 5.60. The van der Waals surface area contributed by atoms with Crippen molar-refractivity contribution in [3.63, 3.8) is 0 Å². The van der Waals surface area contributed by atoms with Gasteiger partial charge >= 0.3 is 0 Å². The summed E-state index contributed by atoms with van der Waals surface area (Å²) in [4.78, 5) is 5.63. The quantitative estimate of drug-likeness (QED) is 0.539. The van der Waals surface area contributed by atoms with Gasteiger partial charge in [-0.2, -0.15) is 0 Å². The first-order chi connectivity index (χ1) is 18.1. The molecule has 0 bridgehead atoms. The standard InChI is InChI=1S/C25H30F4N4O5/c1-13-3-4-15(20(27)19(13)26)16-11-33(32-30-16)21-22(35)18(12-34)37-17(23(21)36-2)9-14-10-24(38-31-14)5-7-25(28,29)8-6-24/h3-4,11,17-18,21-23,34-35H,5-10,12H2,1-2H3/t17-,18-,21+,22+,23+/m1/s1. The molecule has 208 valence electrons. The number of halogens is 4. The number of aliphatic hydroxyl groups excluding tert-OH is 2. The van der Waals surface area contributed by atoms with E-state index in [2.05, 4.69) is 15.5 Å². The van der Waals surface area contributed by atoms with Crippen molar-refractivity contribution in [1.29, 1.82) is 0 Å². The number of aryl methyl sites for hydroxylation is 1. The topological polar surface area (TPSA) is 111 Å². The number of hydrogen-bond donors (Lipinski definition) is 2. The lowest BCUT2D eigenvalue weighted by Crippen LogP contribution is -2.57. The summed E-state index contributed by atoms with van der Waals surface area (Å²) in [5.41, 5.74) is -0.0557. The van der Waals surface area contributed by atoms with Crippen molar-refractivity contribution in [1.82, 2.24) is 15.0 Å². The van der Waals surface area contributed by atoms with E-state index >= 15 is 0 Å². The van der Waals surface area contributed by atoms with Crippen LogP contribution in [0.4, 0.5) is 17.6 Å². The van der Waals surface area contributed by atoms with Crippen LogP contribution in [0.2, 0.25) is 0 Å². The van der Waals surface area contributed by atoms with Crippen LogP contribution in [0.3, 0.4) is 0 Å². The van der Waals surface area contributed by atoms with E-state index < -0.39 is 60.2 Å². The molecule has 38 heavy (non-hydrogen) atoms. The third kappa shape index (κ3) is 4.92. The van der Waals surface area contributed by atoms with Gasteiger partial charge in [-0.05, 0) is 31.4 Å². The molecule has 1 saturated heterocycles. The van der Waals surface area contributed by atoms with Gasteiger partial charge in [0, 0.05) is 38.4 Å². The van der Waals surface area contributed by atoms with E-state index in [1.54, 1.807) is 0 Å². The highest BCUT2D eigenvalue weighted by Gasteiger charge is 2.51. The van der Waals surface area contributed by atoms with Crippen molar-refractivity contribution < 1.29 is 42.1 Å². The minimum atomic E-state index is -2.70. The van der Waals surface area contributed by atoms with E-state index in [9.17, 15) is 27.8 Å². The second-order valence-electron chi connectivity index (χ2n) is 10.4. The van der Waals surface area contributed by atoms with Gasteiger partial charge < -0.3 is 24.5 Å². The number of alkyl halides is 2. The van der Waals surface area contributed by atoms with Gasteiger partial charge in [0.25, 0.3) is 0 Å². The van der Waals surface area contributed by atoms with Crippen LogP contribution in [0.5, 0.6) is 0 Å². The molecule has 1 aromatic heterocycles. The van der Waals surface area contributed by atoms with Crippen molar-refractivity contribution in [2.24, 2.45) is 5.16 Å². The van der Waals surface area contributed by atoms with Gasteiger partial charge in [-0.25, -0.2) is 22.2 Å². The Morgan fingerprint density at radius 1 is 1.13 bits per heavy atom. The molecule has 0 unspecified atom stereocenters. The summed E-state index contributed by atoms with van der Waals surface area (Å²) in [7, 11) is 1.42. The Labute approximate surface area is 216 Å². The number of hydrogen-bond acceptors (Lipinski definition) is 8. The molecule has 0 amide bonds. The number of aromatic nitrogens is 3. The molecule has 13 heteroatoms. The number of methoxy groups -OCH3 is 1. The second-order valence-corrected chi connectivity index (χ2v) is 10.4. The Bertz CT molecular complexity index is 1200. The van der Waals surface area contributed by atoms with Gasteiger partial charge in [0.15, 0.2) is 11.6 Å². The summed E-state index contributed by atoms with van der Waals surface area (Å²) >= 11 is 0. The Morgan fingerprint density at radius 3 is 2.55 bits per heavy atom. The molecule has 5 rings (SSSR count). The van der Waals surface area contributed by atoms with Crippen molar-refractivity contribution in [2.45, 2.75) is 87.4 Å². The summed E-state index contributed by atoms with van der Waals surface area (Å²) in [5.74, 6) is -4.75. The SMILES string of the molecule is CO[C@@H]1[C@@H](n2cc(-c3ccc(C)c(F)c3F)nn2)[C@@H](O)[C@@H](CO)O[C@@H]1CC1=NOC2(CCC(F)(F)CC2)C1. The van der Waals surface area contributed by atoms with E-state index in [4.69, 9.17) is 14.3 Å². The zero-order valence-electron chi connectivity index (χ0n) is 21.0. The van der Waals surface area contributed by atoms with Crippen LogP contribution in [0, 0.1) is 18.6 Å². The molecule has 2 fully saturated rings. The molecule has 0 radical (unpaired) electrons. The summed E-state index contributed by atoms with van der Waals surface area (Å²) in [6, 6.07) is 1.92. The average Bonchev–Trinajstić information content (AvgIpc) is 3.53. The second kappa shape index (κ2) is 10.2. The minimum Gasteiger partial charge on any atom is -0.394 e. The maximum Gasteiger partial charge on any atom is 0.248 e. The number of rotatable bonds is 6. The van der Waals surface area contributed by atoms with E-state index in [0.29, 0.717) is 12.1 Å². The molecule has 3 aliphatic rings. The number of aliphatic hydroxyl groups is 2. The zero-order valence-corrected chi connectivity index (χ0v) is 21.0. The van der Waals surface area contributed by atoms with Crippen LogP contribution in [0.25, 0.3) is 11.3 Å². The van der Waals surface area contributed by atoms with Gasteiger partial charge in [-0.1, -0.05) is 16.4 Å². The van der Waals surface area contributed by atoms with Gasteiger partial charge in [0.1, 0.15) is 35.6 Å². The van der Waals surface area contributed by atoms with Crippen molar-refractivity contribution >= 4 is 5.71 Å². The van der Waals surface area contributed by atoms with Gasteiger partial charge in [-0.3, -0.25) is 0 Å². The summed E-state index contributed by atoms with van der Waals surface area (Å²) < 4.78 is 69.0. The highest BCUT2D eigenvalue weighted by molar-refractivity contribution is 5.86. The Balaban J connectivity index is 1.37. The van der Waals surface area contributed by atoms with E-state index in [0.717, 1.165) is 0 Å². The van der Waals surface area contributed by atoms with Crippen molar-refractivity contribution in [2.75, 3.05) is 13.7 Å². The number of ether oxygens (including phenoxy) is 2. The fourth-order valence-corrected chi connectivity index (χ4v) is 5.60. The lowest BCUT2D eigenvalue weighted by Gasteiger charge is -2.43. The molecule has 2 aliphatic heterocycles. The lowest BCUT2D eigenvalue weighted by molar-refractivity contribution is -0.210. The third-order valence-electron chi connectivity index (χ3n) is 7.83. The Kier molecular flexibility index (Phi) is 7.22. The molecule has 1 aromatic carbocycles. The molecule has 9 nitrogen and oxygen atoms in total. The summed E-state index contributed by atoms with van der Waals surface area (Å²) in [6.45, 7) is 0.937. The van der Waals surface area contributed by atoms with Crippen LogP contribution < -0.4 is 0 Å². The molecule has 5 atom stereocenters. The average molecular weight is 543 g/mol. The van der Waals surface area contributed by atoms with Crippen LogP contribution >= 0.6 is 0 Å². The smallest absolute Gasteiger partial charge is 0.248 e. The maximum absolute atomic E-state index is 14.6. The highest BCUT2D eigenvalue weighted by atomic mass is 19.3. The van der Waals surface area contributed by atoms with Crippen LogP contribution in [0.15, 0.2) is 23.5 Å². The van der Waals surface area contributed by atoms with Gasteiger partial charge in [0.05, 0.1) is 24.6 Å². The molecule has 2 aromatic rings. The molecule has 3 heterocycles. The molecule has 1 spiro atoms. The lowest BCUT2D eigenvalue weighted by atomic mass is 9.79. The Hall–Kier alpha value is -2.61. The highest BCUT2D eigenvalue weighted by Crippen LogP contribution is 2.45. The van der Waals surface area contributed by atoms with Crippen LogP contribution in [-0.4, -0.2) is 80.6 Å². The van der Waals surface area contributed by atoms with Crippen molar-refractivity contribution in [3.8, 4) is 11.3 Å². The van der Waals surface area contributed by atoms with E-state index in [1.165, 1.54) is 37.0 Å². The maximum atomic E-state index is 14.6. The normalized spacial score (nSPS) is 30.3. The van der Waals surface area contributed by atoms with E-state index in [-0.39, 0.29) is 48.9 Å². The first-order valence-corrected chi connectivity index (χ1v) is 12.5. The predicted molar refractivity (Wildman–Crippen MR) is 126 cm³/mol. The minimum absolute atomic E-state index is 0.0525. The third-order valence-corrected chi connectivity index (χ3v) is 7.83. The summed E-state index contributed by atoms with van der Waals surface area (Å²) in [5, 5.41) is 33.1. The monoisotopic (exact) mass is 542 g/mol. The Morgan fingerprint density at radius 2 is 1.87 bits per heavy atom. The fraction of sp³-hybridized carbons (Fsp3) is 0.640. The van der Waals surface area contributed by atoms with Crippen LogP contribution in [-0.2, 0) is 14.3 Å². The first-order valence-electron chi connectivity index (χ1n) is 12.5. The van der Waals surface area contributed by atoms with Gasteiger partial charge in [0.2, 0.25) is 5.92 Å². The largest absolute Gasteiger partial charge is 0.394 e. The number of benzene rings is 1. The zero-order chi connectivity index (χ0) is 27.2. The van der Waals surface area contributed by atoms with Gasteiger partial charge in [-0.15, -0.1) is 5.10 Å². The molecule has 1 saturated carbocycles. The van der Waals surface area contributed by atoms with E-state index in [1.807, 2.05) is 0 Å². The number of nitrogens with zero attached hydrogens (tertiary/aromatic N) is 4. The first kappa shape index (κ1) is 27.0. The number of oxime groups is 1. The molecule has 2 N–H and O–H groups in total. The predicted octanol–water partition coefficient (Wildman–Crippen LogP) is 3.32. The molecular weight excluding hydrogens is 512 g/mol. The molecule has 1 aliphatic carbocycles. The van der Waals surface area contributed by atoms with Crippen LogP contribution in [0.1, 0.15) is 50.1 Å². The summed E-state index contributed by atoms with van der Waals surface area (Å²) in [6.07, 6.45) is -2.03. The molecular formula is C25H30F4N4O5.